The van der Waals surface area contributed by atoms with Gasteiger partial charge in [0, 0.05) is 47.8 Å². The molecular weight excluding hydrogens is 336 g/mol. The third-order valence-corrected chi connectivity index (χ3v) is 5.28. The molecule has 7 heteroatoms. The van der Waals surface area contributed by atoms with Crippen molar-refractivity contribution in [2.24, 2.45) is 0 Å². The summed E-state index contributed by atoms with van der Waals surface area (Å²) in [5.74, 6) is 2.74. The number of aromatic amines is 1. The monoisotopic (exact) mass is 354 g/mol. The van der Waals surface area contributed by atoms with Crippen molar-refractivity contribution in [3.8, 4) is 17.0 Å². The Balaban J connectivity index is 1.86. The van der Waals surface area contributed by atoms with Gasteiger partial charge in [-0.25, -0.2) is 4.98 Å². The highest BCUT2D eigenvalue weighted by molar-refractivity contribution is 7.99. The fourth-order valence-corrected chi connectivity index (χ4v) is 3.89. The van der Waals surface area contributed by atoms with E-state index in [-0.39, 0.29) is 5.91 Å². The first kappa shape index (κ1) is 16.0. The molecule has 1 amide bonds. The van der Waals surface area contributed by atoms with E-state index in [0.29, 0.717) is 5.56 Å². The molecule has 1 saturated heterocycles. The summed E-state index contributed by atoms with van der Waals surface area (Å²) in [7, 11) is 1.62. The standard InChI is InChI=1S/C18H18N4O2S/c1-24-13-2-3-14-15(18(23)22-4-6-25-7-5-22)9-16(21-17(14)8-13)12-10-19-20-11-12/h2-3,8-11H,4-7H2,1H3,(H,19,20). The number of rotatable bonds is 3. The Morgan fingerprint density at radius 3 is 2.84 bits per heavy atom. The number of hydrogen-bond donors (Lipinski definition) is 1. The van der Waals surface area contributed by atoms with E-state index in [2.05, 4.69) is 10.2 Å². The molecule has 6 nitrogen and oxygen atoms in total. The molecule has 25 heavy (non-hydrogen) atoms. The lowest BCUT2D eigenvalue weighted by atomic mass is 10.0. The van der Waals surface area contributed by atoms with Gasteiger partial charge >= 0.3 is 0 Å². The molecule has 1 N–H and O–H groups in total. The Labute approximate surface area is 149 Å². The van der Waals surface area contributed by atoms with Gasteiger partial charge in [-0.1, -0.05) is 0 Å². The van der Waals surface area contributed by atoms with Gasteiger partial charge in [0.05, 0.1) is 30.1 Å². The van der Waals surface area contributed by atoms with Crippen LogP contribution < -0.4 is 4.74 Å². The smallest absolute Gasteiger partial charge is 0.254 e. The first-order valence-corrected chi connectivity index (χ1v) is 9.27. The molecule has 1 aliphatic rings. The van der Waals surface area contributed by atoms with Gasteiger partial charge in [-0.15, -0.1) is 0 Å². The zero-order valence-electron chi connectivity index (χ0n) is 13.9. The normalized spacial score (nSPS) is 14.7. The minimum absolute atomic E-state index is 0.0580. The highest BCUT2D eigenvalue weighted by Gasteiger charge is 2.22. The molecule has 1 aromatic carbocycles. The molecule has 0 bridgehead atoms. The van der Waals surface area contributed by atoms with E-state index in [9.17, 15) is 4.79 Å². The number of nitrogens with zero attached hydrogens (tertiary/aromatic N) is 3. The quantitative estimate of drug-likeness (QED) is 0.783. The maximum Gasteiger partial charge on any atom is 0.254 e. The van der Waals surface area contributed by atoms with Crippen LogP contribution in [-0.4, -0.2) is 57.7 Å². The molecule has 0 saturated carbocycles. The van der Waals surface area contributed by atoms with E-state index in [1.807, 2.05) is 40.9 Å². The Morgan fingerprint density at radius 1 is 1.28 bits per heavy atom. The van der Waals surface area contributed by atoms with Gasteiger partial charge in [-0.3, -0.25) is 9.89 Å². The number of thioether (sulfide) groups is 1. The molecular formula is C18H18N4O2S. The molecule has 0 spiro atoms. The number of H-pyrrole nitrogens is 1. The van der Waals surface area contributed by atoms with E-state index in [4.69, 9.17) is 9.72 Å². The highest BCUT2D eigenvalue weighted by atomic mass is 32.2. The van der Waals surface area contributed by atoms with Crippen molar-refractivity contribution in [2.75, 3.05) is 31.7 Å². The highest BCUT2D eigenvalue weighted by Crippen LogP contribution is 2.28. The number of methoxy groups -OCH3 is 1. The summed E-state index contributed by atoms with van der Waals surface area (Å²) in [5.41, 5.74) is 3.00. The van der Waals surface area contributed by atoms with Crippen molar-refractivity contribution in [3.05, 3.63) is 42.2 Å². The predicted octanol–water partition coefficient (Wildman–Crippen LogP) is 2.82. The number of benzene rings is 1. The minimum atomic E-state index is 0.0580. The van der Waals surface area contributed by atoms with Crippen molar-refractivity contribution < 1.29 is 9.53 Å². The summed E-state index contributed by atoms with van der Waals surface area (Å²) in [6.45, 7) is 1.56. The van der Waals surface area contributed by atoms with E-state index < -0.39 is 0 Å². The lowest BCUT2D eigenvalue weighted by molar-refractivity contribution is 0.0774. The second-order valence-corrected chi connectivity index (χ2v) is 7.05. The third kappa shape index (κ3) is 3.07. The van der Waals surface area contributed by atoms with Crippen molar-refractivity contribution >= 4 is 28.6 Å². The molecule has 3 aromatic rings. The van der Waals surface area contributed by atoms with Gasteiger partial charge in [0.2, 0.25) is 0 Å². The molecule has 2 aromatic heterocycles. The van der Waals surface area contributed by atoms with Crippen LogP contribution in [0.15, 0.2) is 36.7 Å². The minimum Gasteiger partial charge on any atom is -0.497 e. The van der Waals surface area contributed by atoms with Crippen LogP contribution in [0.2, 0.25) is 0 Å². The average Bonchev–Trinajstić information content (AvgIpc) is 3.21. The van der Waals surface area contributed by atoms with Crippen LogP contribution in [0.25, 0.3) is 22.2 Å². The fraction of sp³-hybridized carbons (Fsp3) is 0.278. The largest absolute Gasteiger partial charge is 0.497 e. The van der Waals surface area contributed by atoms with E-state index >= 15 is 0 Å². The van der Waals surface area contributed by atoms with E-state index in [1.54, 1.807) is 19.5 Å². The first-order valence-electron chi connectivity index (χ1n) is 8.11. The van der Waals surface area contributed by atoms with Crippen LogP contribution >= 0.6 is 11.8 Å². The number of ether oxygens (including phenoxy) is 1. The van der Waals surface area contributed by atoms with E-state index in [1.165, 1.54) is 0 Å². The summed E-state index contributed by atoms with van der Waals surface area (Å²) >= 11 is 1.89. The maximum atomic E-state index is 13.1. The maximum absolute atomic E-state index is 13.1. The fourth-order valence-electron chi connectivity index (χ4n) is 2.99. The zero-order valence-corrected chi connectivity index (χ0v) is 14.7. The molecule has 1 aliphatic heterocycles. The molecule has 128 valence electrons. The number of fused-ring (bicyclic) bond motifs is 1. The summed E-state index contributed by atoms with van der Waals surface area (Å²) in [6, 6.07) is 7.50. The van der Waals surface area contributed by atoms with Gasteiger partial charge in [-0.2, -0.15) is 16.9 Å². The predicted molar refractivity (Wildman–Crippen MR) is 99.1 cm³/mol. The molecule has 0 aliphatic carbocycles. The van der Waals surface area contributed by atoms with Gasteiger partial charge in [0.25, 0.3) is 5.91 Å². The molecule has 0 unspecified atom stereocenters. The van der Waals surface area contributed by atoms with E-state index in [0.717, 1.165) is 52.5 Å². The Morgan fingerprint density at radius 2 is 2.12 bits per heavy atom. The molecule has 0 radical (unpaired) electrons. The molecule has 4 rings (SSSR count). The van der Waals surface area contributed by atoms with Crippen molar-refractivity contribution in [1.82, 2.24) is 20.1 Å². The summed E-state index contributed by atoms with van der Waals surface area (Å²) in [4.78, 5) is 19.7. The van der Waals surface area contributed by atoms with Crippen molar-refractivity contribution in [3.63, 3.8) is 0 Å². The van der Waals surface area contributed by atoms with Gasteiger partial charge in [-0.05, 0) is 18.2 Å². The second kappa shape index (κ2) is 6.76. The Bertz CT molecular complexity index is 905. The summed E-state index contributed by atoms with van der Waals surface area (Å²) in [5, 5.41) is 7.63. The van der Waals surface area contributed by atoms with Crippen molar-refractivity contribution in [1.29, 1.82) is 0 Å². The van der Waals surface area contributed by atoms with Crippen LogP contribution in [0.1, 0.15) is 10.4 Å². The molecule has 3 heterocycles. The Kier molecular flexibility index (Phi) is 4.31. The first-order chi connectivity index (χ1) is 12.3. The lowest BCUT2D eigenvalue weighted by Gasteiger charge is -2.27. The number of hydrogen-bond acceptors (Lipinski definition) is 5. The number of nitrogens with one attached hydrogen (secondary N) is 1. The third-order valence-electron chi connectivity index (χ3n) is 4.34. The van der Waals surface area contributed by atoms with Gasteiger partial charge < -0.3 is 9.64 Å². The topological polar surface area (TPSA) is 71.1 Å². The van der Waals surface area contributed by atoms with Crippen LogP contribution in [0, 0.1) is 0 Å². The summed E-state index contributed by atoms with van der Waals surface area (Å²) in [6.07, 6.45) is 3.49. The van der Waals surface area contributed by atoms with Gasteiger partial charge in [0.15, 0.2) is 0 Å². The SMILES string of the molecule is COc1ccc2c(C(=O)N3CCSCC3)cc(-c3cn[nH]c3)nc2c1. The number of pyridine rings is 1. The second-order valence-electron chi connectivity index (χ2n) is 5.83. The molecule has 0 atom stereocenters. The zero-order chi connectivity index (χ0) is 17.2. The van der Waals surface area contributed by atoms with Crippen LogP contribution in [0.4, 0.5) is 0 Å². The van der Waals surface area contributed by atoms with Gasteiger partial charge in [0.1, 0.15) is 5.75 Å². The van der Waals surface area contributed by atoms with Crippen LogP contribution in [-0.2, 0) is 0 Å². The number of aromatic nitrogens is 3. The Hall–Kier alpha value is -2.54. The number of amides is 1. The van der Waals surface area contributed by atoms with Crippen LogP contribution in [0.3, 0.4) is 0 Å². The lowest BCUT2D eigenvalue weighted by Crippen LogP contribution is -2.38. The number of carbonyl (C=O) groups is 1. The average molecular weight is 354 g/mol. The number of carbonyl (C=O) groups excluding carboxylic acids is 1. The van der Waals surface area contributed by atoms with Crippen molar-refractivity contribution in [2.45, 2.75) is 0 Å². The molecule has 1 fully saturated rings. The van der Waals surface area contributed by atoms with Crippen LogP contribution in [0.5, 0.6) is 5.75 Å². The summed E-state index contributed by atoms with van der Waals surface area (Å²) < 4.78 is 5.31.